The summed E-state index contributed by atoms with van der Waals surface area (Å²) in [7, 11) is 0. The Morgan fingerprint density at radius 1 is 0.912 bits per heavy atom. The maximum absolute atomic E-state index is 12.0. The van der Waals surface area contributed by atoms with Crippen LogP contribution in [0.4, 0.5) is 23.3 Å². The SMILES string of the molecule is Nc1nc(Nc2ccc3c(c2)NC(=O)CCC3)n(-c2cc3c(nn2)-c2ccccc2CCC3)n1. The first-order valence-electron chi connectivity index (χ1n) is 11.5. The zero-order valence-electron chi connectivity index (χ0n) is 18.6. The molecular weight excluding hydrogens is 428 g/mol. The number of anilines is 4. The maximum Gasteiger partial charge on any atom is 0.241 e. The Kier molecular flexibility index (Phi) is 4.94. The van der Waals surface area contributed by atoms with Crippen molar-refractivity contribution in [3.05, 3.63) is 65.2 Å². The minimum Gasteiger partial charge on any atom is -0.366 e. The molecule has 2 aromatic heterocycles. The van der Waals surface area contributed by atoms with Crippen molar-refractivity contribution >= 4 is 29.2 Å². The van der Waals surface area contributed by atoms with Crippen LogP contribution in [-0.4, -0.2) is 30.9 Å². The van der Waals surface area contributed by atoms with E-state index in [-0.39, 0.29) is 11.9 Å². The fraction of sp³-hybridized carbons (Fsp3) is 0.240. The van der Waals surface area contributed by atoms with Crippen LogP contribution < -0.4 is 16.4 Å². The molecule has 34 heavy (non-hydrogen) atoms. The average Bonchev–Trinajstić information content (AvgIpc) is 2.99. The lowest BCUT2D eigenvalue weighted by Crippen LogP contribution is -2.10. The smallest absolute Gasteiger partial charge is 0.241 e. The molecule has 6 rings (SSSR count). The van der Waals surface area contributed by atoms with Crippen LogP contribution in [0.3, 0.4) is 0 Å². The molecule has 0 saturated heterocycles. The van der Waals surface area contributed by atoms with E-state index in [1.54, 1.807) is 4.68 Å². The molecule has 0 saturated carbocycles. The van der Waals surface area contributed by atoms with Crippen LogP contribution >= 0.6 is 0 Å². The number of aryl methyl sites for hydroxylation is 3. The number of hydrogen-bond donors (Lipinski definition) is 3. The number of aromatic nitrogens is 5. The number of rotatable bonds is 3. The van der Waals surface area contributed by atoms with E-state index in [9.17, 15) is 4.79 Å². The van der Waals surface area contributed by atoms with Crippen LogP contribution in [0.2, 0.25) is 0 Å². The minimum absolute atomic E-state index is 0.0325. The molecule has 1 aliphatic carbocycles. The second-order valence-corrected chi connectivity index (χ2v) is 8.69. The van der Waals surface area contributed by atoms with E-state index >= 15 is 0 Å². The van der Waals surface area contributed by atoms with Crippen LogP contribution in [0.25, 0.3) is 17.1 Å². The van der Waals surface area contributed by atoms with Gasteiger partial charge in [0.1, 0.15) is 0 Å². The second-order valence-electron chi connectivity index (χ2n) is 8.69. The van der Waals surface area contributed by atoms with Crippen molar-refractivity contribution in [2.45, 2.75) is 38.5 Å². The predicted molar refractivity (Wildman–Crippen MR) is 130 cm³/mol. The largest absolute Gasteiger partial charge is 0.366 e. The van der Waals surface area contributed by atoms with Gasteiger partial charge >= 0.3 is 0 Å². The Morgan fingerprint density at radius 3 is 2.68 bits per heavy atom. The van der Waals surface area contributed by atoms with E-state index in [1.165, 1.54) is 5.56 Å². The summed E-state index contributed by atoms with van der Waals surface area (Å²) in [5.74, 6) is 1.14. The lowest BCUT2D eigenvalue weighted by molar-refractivity contribution is -0.116. The van der Waals surface area contributed by atoms with Gasteiger partial charge in [-0.25, -0.2) is 0 Å². The third kappa shape index (κ3) is 3.75. The van der Waals surface area contributed by atoms with E-state index < -0.39 is 0 Å². The molecule has 2 aromatic carbocycles. The zero-order valence-corrected chi connectivity index (χ0v) is 18.6. The van der Waals surface area contributed by atoms with Gasteiger partial charge in [0.15, 0.2) is 5.82 Å². The van der Waals surface area contributed by atoms with E-state index in [0.717, 1.165) is 65.9 Å². The molecule has 0 atom stereocenters. The molecule has 9 nitrogen and oxygen atoms in total. The minimum atomic E-state index is 0.0325. The van der Waals surface area contributed by atoms with Gasteiger partial charge in [0.25, 0.3) is 0 Å². The summed E-state index contributed by atoms with van der Waals surface area (Å²) < 4.78 is 1.57. The molecule has 9 heteroatoms. The van der Waals surface area contributed by atoms with Gasteiger partial charge in [-0.3, -0.25) is 4.79 Å². The van der Waals surface area contributed by atoms with Crippen molar-refractivity contribution in [1.82, 2.24) is 25.0 Å². The Labute approximate surface area is 196 Å². The average molecular weight is 453 g/mol. The van der Waals surface area contributed by atoms with Gasteiger partial charge < -0.3 is 16.4 Å². The standard InChI is InChI=1S/C25H24N8O/c26-24-29-25(27-18-12-11-16-7-4-10-22(34)28-20(16)14-18)33(32-24)21-13-17-8-3-6-15-5-1-2-9-19(15)23(17)31-30-21/h1-2,5,9,11-14H,3-4,6-8,10H2,(H,28,34)(H3,26,27,29,32). The molecule has 170 valence electrons. The number of benzene rings is 2. The summed E-state index contributed by atoms with van der Waals surface area (Å²) in [4.78, 5) is 16.3. The number of carbonyl (C=O) groups is 1. The number of nitrogens with zero attached hydrogens (tertiary/aromatic N) is 5. The third-order valence-electron chi connectivity index (χ3n) is 6.36. The number of carbonyl (C=O) groups excluding carboxylic acids is 1. The van der Waals surface area contributed by atoms with Crippen LogP contribution in [0.15, 0.2) is 48.5 Å². The molecule has 4 aromatic rings. The van der Waals surface area contributed by atoms with Crippen molar-refractivity contribution in [3.8, 4) is 17.1 Å². The number of nitrogens with two attached hydrogens (primary N) is 1. The zero-order chi connectivity index (χ0) is 23.1. The fourth-order valence-electron chi connectivity index (χ4n) is 4.72. The maximum atomic E-state index is 12.0. The molecule has 4 N–H and O–H groups in total. The Hall–Kier alpha value is -4.27. The number of hydrogen-bond acceptors (Lipinski definition) is 7. The molecule has 3 heterocycles. The highest BCUT2D eigenvalue weighted by molar-refractivity contribution is 5.93. The van der Waals surface area contributed by atoms with E-state index in [1.807, 2.05) is 30.3 Å². The predicted octanol–water partition coefficient (Wildman–Crippen LogP) is 3.81. The summed E-state index contributed by atoms with van der Waals surface area (Å²) in [6.45, 7) is 0. The van der Waals surface area contributed by atoms with Gasteiger partial charge in [-0.1, -0.05) is 30.3 Å². The number of nitrogen functional groups attached to an aromatic ring is 1. The first kappa shape index (κ1) is 20.3. The van der Waals surface area contributed by atoms with Crippen LogP contribution in [-0.2, 0) is 24.1 Å². The number of nitrogens with one attached hydrogen (secondary N) is 2. The van der Waals surface area contributed by atoms with Gasteiger partial charge in [-0.05, 0) is 67.0 Å². The number of fused-ring (bicyclic) bond motifs is 4. The highest BCUT2D eigenvalue weighted by Crippen LogP contribution is 2.32. The van der Waals surface area contributed by atoms with Crippen molar-refractivity contribution < 1.29 is 4.79 Å². The monoisotopic (exact) mass is 452 g/mol. The quantitative estimate of drug-likeness (QED) is 0.432. The first-order valence-corrected chi connectivity index (χ1v) is 11.5. The second kappa shape index (κ2) is 8.26. The molecule has 0 spiro atoms. The van der Waals surface area contributed by atoms with E-state index in [2.05, 4.69) is 49.1 Å². The van der Waals surface area contributed by atoms with Gasteiger partial charge in [-0.15, -0.1) is 15.3 Å². The van der Waals surface area contributed by atoms with Gasteiger partial charge in [0.2, 0.25) is 17.8 Å². The Balaban J connectivity index is 1.35. The molecule has 1 aliphatic heterocycles. The van der Waals surface area contributed by atoms with Crippen LogP contribution in [0, 0.1) is 0 Å². The van der Waals surface area contributed by atoms with E-state index in [4.69, 9.17) is 5.73 Å². The summed E-state index contributed by atoms with van der Waals surface area (Å²) in [5.41, 5.74) is 13.1. The highest BCUT2D eigenvalue weighted by Gasteiger charge is 2.20. The van der Waals surface area contributed by atoms with Crippen molar-refractivity contribution in [2.24, 2.45) is 0 Å². The molecule has 0 bridgehead atoms. The Bertz CT molecular complexity index is 1410. The van der Waals surface area contributed by atoms with Gasteiger partial charge in [0, 0.05) is 23.4 Å². The lowest BCUT2D eigenvalue weighted by atomic mass is 10.0. The molecule has 1 amide bonds. The summed E-state index contributed by atoms with van der Waals surface area (Å²) >= 11 is 0. The normalized spacial score (nSPS) is 14.8. The first-order chi connectivity index (χ1) is 16.6. The fourth-order valence-corrected chi connectivity index (χ4v) is 4.72. The topological polar surface area (TPSA) is 124 Å². The molecular formula is C25H24N8O. The van der Waals surface area contributed by atoms with Gasteiger partial charge in [0.05, 0.1) is 5.69 Å². The molecule has 0 radical (unpaired) electrons. The summed E-state index contributed by atoms with van der Waals surface area (Å²) in [5, 5.41) is 19.7. The molecule has 0 unspecified atom stereocenters. The third-order valence-corrected chi connectivity index (χ3v) is 6.36. The van der Waals surface area contributed by atoms with Crippen molar-refractivity contribution in [2.75, 3.05) is 16.4 Å². The summed E-state index contributed by atoms with van der Waals surface area (Å²) in [6.07, 6.45) is 5.21. The van der Waals surface area contributed by atoms with Crippen molar-refractivity contribution in [1.29, 1.82) is 0 Å². The van der Waals surface area contributed by atoms with Gasteiger partial charge in [-0.2, -0.15) is 9.67 Å². The van der Waals surface area contributed by atoms with Crippen molar-refractivity contribution in [3.63, 3.8) is 0 Å². The summed E-state index contributed by atoms with van der Waals surface area (Å²) in [6, 6.07) is 16.3. The number of amides is 1. The van der Waals surface area contributed by atoms with Crippen LogP contribution in [0.1, 0.15) is 36.0 Å². The highest BCUT2D eigenvalue weighted by atomic mass is 16.1. The Morgan fingerprint density at radius 2 is 1.74 bits per heavy atom. The lowest BCUT2D eigenvalue weighted by Gasteiger charge is -2.12. The van der Waals surface area contributed by atoms with Crippen LogP contribution in [0.5, 0.6) is 0 Å². The molecule has 0 fully saturated rings. The molecule has 2 aliphatic rings. The van der Waals surface area contributed by atoms with E-state index in [0.29, 0.717) is 18.2 Å².